The zero-order valence-electron chi connectivity index (χ0n) is 12.1. The molecule has 3 N–H and O–H groups in total. The van der Waals surface area contributed by atoms with Gasteiger partial charge in [0, 0.05) is 36.8 Å². The molecule has 1 fully saturated rings. The van der Waals surface area contributed by atoms with Crippen LogP contribution in [0.3, 0.4) is 0 Å². The van der Waals surface area contributed by atoms with Crippen LogP contribution in [0, 0.1) is 5.41 Å². The minimum Gasteiger partial charge on any atom is -0.497 e. The molecule has 1 heterocycles. The first-order valence-corrected chi connectivity index (χ1v) is 6.84. The summed E-state index contributed by atoms with van der Waals surface area (Å²) in [5.74, 6) is 1.32. The summed E-state index contributed by atoms with van der Waals surface area (Å²) in [6.45, 7) is 1.69. The minimum absolute atomic E-state index is 0.347. The number of rotatable bonds is 5. The molecule has 1 saturated heterocycles. The Balaban J connectivity index is 2.33. The highest BCUT2D eigenvalue weighted by Crippen LogP contribution is 2.44. The van der Waals surface area contributed by atoms with Gasteiger partial charge >= 0.3 is 0 Å². The molecule has 0 amide bonds. The van der Waals surface area contributed by atoms with Crippen LogP contribution < -0.4 is 15.2 Å². The average Bonchev–Trinajstić information content (AvgIpc) is 2.54. The highest BCUT2D eigenvalue weighted by Gasteiger charge is 2.40. The van der Waals surface area contributed by atoms with Crippen LogP contribution in [0.2, 0.25) is 0 Å². The van der Waals surface area contributed by atoms with Gasteiger partial charge in [-0.15, -0.1) is 0 Å². The summed E-state index contributed by atoms with van der Waals surface area (Å²) in [4.78, 5) is 0. The molecule has 5 heteroatoms. The van der Waals surface area contributed by atoms with Crippen molar-refractivity contribution in [3.63, 3.8) is 0 Å². The first kappa shape index (κ1) is 15.1. The molecule has 0 aromatic heterocycles. The molecule has 0 saturated carbocycles. The van der Waals surface area contributed by atoms with E-state index >= 15 is 0 Å². The molecule has 1 aromatic rings. The van der Waals surface area contributed by atoms with E-state index in [1.807, 2.05) is 12.1 Å². The van der Waals surface area contributed by atoms with Crippen LogP contribution >= 0.6 is 0 Å². The van der Waals surface area contributed by atoms with Gasteiger partial charge in [-0.3, -0.25) is 0 Å². The van der Waals surface area contributed by atoms with E-state index in [2.05, 4.69) is 0 Å². The normalized spacial score (nSPS) is 19.4. The summed E-state index contributed by atoms with van der Waals surface area (Å²) < 4.78 is 15.9. The van der Waals surface area contributed by atoms with Crippen molar-refractivity contribution in [3.05, 3.63) is 23.8 Å². The molecule has 0 spiro atoms. The smallest absolute Gasteiger partial charge is 0.128 e. The fourth-order valence-electron chi connectivity index (χ4n) is 2.74. The molecule has 5 nitrogen and oxygen atoms in total. The van der Waals surface area contributed by atoms with Gasteiger partial charge in [0.2, 0.25) is 0 Å². The lowest BCUT2D eigenvalue weighted by molar-refractivity contribution is -0.0588. The van der Waals surface area contributed by atoms with Crippen molar-refractivity contribution in [2.45, 2.75) is 18.9 Å². The molecule has 112 valence electrons. The molecule has 20 heavy (non-hydrogen) atoms. The first-order chi connectivity index (χ1) is 9.66. The third kappa shape index (κ3) is 2.75. The second kappa shape index (κ2) is 6.43. The maximum Gasteiger partial charge on any atom is 0.128 e. The van der Waals surface area contributed by atoms with E-state index in [0.717, 1.165) is 18.4 Å². The summed E-state index contributed by atoms with van der Waals surface area (Å²) in [6, 6.07) is 5.45. The zero-order valence-corrected chi connectivity index (χ0v) is 12.1. The number of aliphatic hydroxyl groups excluding tert-OH is 1. The molecule has 1 aliphatic heterocycles. The summed E-state index contributed by atoms with van der Waals surface area (Å²) in [5, 5.41) is 10.8. The van der Waals surface area contributed by atoms with Gasteiger partial charge in [0.1, 0.15) is 11.5 Å². The van der Waals surface area contributed by atoms with Gasteiger partial charge < -0.3 is 25.1 Å². The maximum atomic E-state index is 10.8. The van der Waals surface area contributed by atoms with Gasteiger partial charge in [-0.25, -0.2) is 0 Å². The van der Waals surface area contributed by atoms with E-state index in [-0.39, 0.29) is 5.41 Å². The molecule has 1 unspecified atom stereocenters. The maximum absolute atomic E-state index is 10.8. The van der Waals surface area contributed by atoms with Crippen molar-refractivity contribution in [1.82, 2.24) is 0 Å². The SMILES string of the molecule is COc1ccc(C(O)C2(CN)CCOCC2)c(OC)c1. The van der Waals surface area contributed by atoms with Gasteiger partial charge in [0.25, 0.3) is 0 Å². The van der Waals surface area contributed by atoms with Crippen LogP contribution in [0.25, 0.3) is 0 Å². The minimum atomic E-state index is -0.669. The molecule has 2 rings (SSSR count). The lowest BCUT2D eigenvalue weighted by Gasteiger charge is -2.40. The number of ether oxygens (including phenoxy) is 3. The first-order valence-electron chi connectivity index (χ1n) is 6.84. The predicted octanol–water partition coefficient (Wildman–Crippen LogP) is 1.49. The van der Waals surface area contributed by atoms with Gasteiger partial charge in [0.15, 0.2) is 0 Å². The Hall–Kier alpha value is -1.30. The number of benzene rings is 1. The molecule has 0 radical (unpaired) electrons. The van der Waals surface area contributed by atoms with Gasteiger partial charge in [-0.2, -0.15) is 0 Å². The summed E-state index contributed by atoms with van der Waals surface area (Å²) in [7, 11) is 3.19. The van der Waals surface area contributed by atoms with Crippen molar-refractivity contribution >= 4 is 0 Å². The van der Waals surface area contributed by atoms with Gasteiger partial charge in [0.05, 0.1) is 20.3 Å². The second-order valence-electron chi connectivity index (χ2n) is 5.19. The number of aliphatic hydroxyl groups is 1. The van der Waals surface area contributed by atoms with E-state index in [1.165, 1.54) is 0 Å². The van der Waals surface area contributed by atoms with Crippen LogP contribution in [-0.2, 0) is 4.74 Å². The zero-order chi connectivity index (χ0) is 14.6. The van der Waals surface area contributed by atoms with Crippen molar-refractivity contribution in [3.8, 4) is 11.5 Å². The third-order valence-electron chi connectivity index (χ3n) is 4.21. The summed E-state index contributed by atoms with van der Waals surface area (Å²) >= 11 is 0. The highest BCUT2D eigenvalue weighted by molar-refractivity contribution is 5.42. The average molecular weight is 281 g/mol. The summed E-state index contributed by atoms with van der Waals surface area (Å²) in [5.41, 5.74) is 6.35. The molecular formula is C15H23NO4. The Labute approximate surface area is 119 Å². The van der Waals surface area contributed by atoms with Crippen LogP contribution in [0.4, 0.5) is 0 Å². The Morgan fingerprint density at radius 2 is 2.00 bits per heavy atom. The van der Waals surface area contributed by atoms with Crippen LogP contribution in [-0.4, -0.2) is 39.1 Å². The van der Waals surface area contributed by atoms with Gasteiger partial charge in [-0.05, 0) is 25.0 Å². The molecule has 0 bridgehead atoms. The standard InChI is InChI=1S/C15H23NO4/c1-18-11-3-4-12(13(9-11)19-2)14(17)15(10-16)5-7-20-8-6-15/h3-4,9,14,17H,5-8,10,16H2,1-2H3. The Morgan fingerprint density at radius 3 is 2.55 bits per heavy atom. The van der Waals surface area contributed by atoms with Crippen LogP contribution in [0.1, 0.15) is 24.5 Å². The van der Waals surface area contributed by atoms with Crippen molar-refractivity contribution in [1.29, 1.82) is 0 Å². The number of hydrogen-bond donors (Lipinski definition) is 2. The molecule has 1 aliphatic rings. The lowest BCUT2D eigenvalue weighted by Crippen LogP contribution is -2.41. The highest BCUT2D eigenvalue weighted by atomic mass is 16.5. The van der Waals surface area contributed by atoms with Crippen LogP contribution in [0.15, 0.2) is 18.2 Å². The van der Waals surface area contributed by atoms with E-state index in [1.54, 1.807) is 20.3 Å². The summed E-state index contributed by atoms with van der Waals surface area (Å²) in [6.07, 6.45) is 0.830. The monoisotopic (exact) mass is 281 g/mol. The van der Waals surface area contributed by atoms with Crippen LogP contribution in [0.5, 0.6) is 11.5 Å². The van der Waals surface area contributed by atoms with Crippen molar-refractivity contribution in [2.24, 2.45) is 11.1 Å². The van der Waals surface area contributed by atoms with Gasteiger partial charge in [-0.1, -0.05) is 0 Å². The topological polar surface area (TPSA) is 73.9 Å². The third-order valence-corrected chi connectivity index (χ3v) is 4.21. The Bertz CT molecular complexity index is 443. The predicted molar refractivity (Wildman–Crippen MR) is 76.0 cm³/mol. The largest absolute Gasteiger partial charge is 0.497 e. The van der Waals surface area contributed by atoms with Crippen molar-refractivity contribution in [2.75, 3.05) is 34.0 Å². The molecular weight excluding hydrogens is 258 g/mol. The number of nitrogens with two attached hydrogens (primary N) is 1. The Kier molecular flexibility index (Phi) is 4.86. The van der Waals surface area contributed by atoms with E-state index in [9.17, 15) is 5.11 Å². The molecule has 1 atom stereocenters. The van der Waals surface area contributed by atoms with E-state index in [0.29, 0.717) is 31.3 Å². The number of hydrogen-bond acceptors (Lipinski definition) is 5. The lowest BCUT2D eigenvalue weighted by atomic mass is 9.73. The van der Waals surface area contributed by atoms with E-state index < -0.39 is 6.10 Å². The second-order valence-corrected chi connectivity index (χ2v) is 5.19. The molecule has 0 aliphatic carbocycles. The van der Waals surface area contributed by atoms with Crippen molar-refractivity contribution < 1.29 is 19.3 Å². The quantitative estimate of drug-likeness (QED) is 0.855. The Morgan fingerprint density at radius 1 is 1.30 bits per heavy atom. The number of methoxy groups -OCH3 is 2. The van der Waals surface area contributed by atoms with E-state index in [4.69, 9.17) is 19.9 Å². The molecule has 1 aromatic carbocycles. The fraction of sp³-hybridized carbons (Fsp3) is 0.600. The fourth-order valence-corrected chi connectivity index (χ4v) is 2.74.